The van der Waals surface area contributed by atoms with Crippen molar-refractivity contribution in [2.45, 2.75) is 64.5 Å². The van der Waals surface area contributed by atoms with Crippen LogP contribution in [0.2, 0.25) is 0 Å². The predicted octanol–water partition coefficient (Wildman–Crippen LogP) is 1.83. The lowest BCUT2D eigenvalue weighted by molar-refractivity contribution is -0.131. The van der Waals surface area contributed by atoms with E-state index in [2.05, 4.69) is 5.32 Å². The molecule has 1 rings (SSSR count). The molecule has 1 aliphatic rings. The molecule has 0 radical (unpaired) electrons. The molecule has 0 heterocycles. The van der Waals surface area contributed by atoms with Crippen LogP contribution in [0.1, 0.15) is 52.9 Å². The maximum Gasteiger partial charge on any atom is 0.246 e. The average Bonchev–Trinajstić information content (AvgIpc) is 2.33. The fourth-order valence-corrected chi connectivity index (χ4v) is 2.44. The van der Waals surface area contributed by atoms with E-state index in [0.717, 1.165) is 0 Å². The number of amides is 1. The molecule has 0 bridgehead atoms. The summed E-state index contributed by atoms with van der Waals surface area (Å²) in [5.74, 6) is 0.494. The molecule has 0 aromatic rings. The molecule has 106 valence electrons. The van der Waals surface area contributed by atoms with Crippen molar-refractivity contribution < 1.29 is 9.53 Å². The Kier molecular flexibility index (Phi) is 6.09. The number of hydrogen-bond acceptors (Lipinski definition) is 3. The van der Waals surface area contributed by atoms with E-state index < -0.39 is 0 Å². The summed E-state index contributed by atoms with van der Waals surface area (Å²) in [6.07, 6.45) is 6.20. The third-order valence-electron chi connectivity index (χ3n) is 3.46. The molecule has 0 spiro atoms. The first-order chi connectivity index (χ1) is 8.42. The normalized spacial score (nSPS) is 19.6. The number of carbonyl (C=O) groups excluding carboxylic acids is 1. The number of nitrogens with two attached hydrogens (primary N) is 1. The smallest absolute Gasteiger partial charge is 0.246 e. The summed E-state index contributed by atoms with van der Waals surface area (Å²) in [6, 6.07) is 0.112. The van der Waals surface area contributed by atoms with Gasteiger partial charge in [0, 0.05) is 12.6 Å². The lowest BCUT2D eigenvalue weighted by atomic mass is 9.84. The highest BCUT2D eigenvalue weighted by atomic mass is 16.5. The van der Waals surface area contributed by atoms with Gasteiger partial charge in [-0.2, -0.15) is 0 Å². The van der Waals surface area contributed by atoms with E-state index in [1.54, 1.807) is 0 Å². The van der Waals surface area contributed by atoms with E-state index in [1.165, 1.54) is 32.1 Å². The van der Waals surface area contributed by atoms with Gasteiger partial charge in [0.15, 0.2) is 0 Å². The van der Waals surface area contributed by atoms with E-state index in [4.69, 9.17) is 10.5 Å². The maximum atomic E-state index is 11.8. The summed E-state index contributed by atoms with van der Waals surface area (Å²) in [6.45, 7) is 6.48. The molecule has 1 atom stereocenters. The highest BCUT2D eigenvalue weighted by molar-refractivity contribution is 5.77. The Morgan fingerprint density at radius 2 is 1.94 bits per heavy atom. The molecule has 1 amide bonds. The Morgan fingerprint density at radius 3 is 2.44 bits per heavy atom. The zero-order chi connectivity index (χ0) is 13.6. The molecule has 0 aliphatic heterocycles. The zero-order valence-electron chi connectivity index (χ0n) is 12.0. The third-order valence-corrected chi connectivity index (χ3v) is 3.46. The van der Waals surface area contributed by atoms with Gasteiger partial charge < -0.3 is 15.8 Å². The molecular formula is C14H28N2O2. The second-order valence-electron chi connectivity index (χ2n) is 6.21. The van der Waals surface area contributed by atoms with Crippen LogP contribution in [0.5, 0.6) is 0 Å². The van der Waals surface area contributed by atoms with Crippen molar-refractivity contribution in [3.05, 3.63) is 0 Å². The second-order valence-corrected chi connectivity index (χ2v) is 6.21. The minimum absolute atomic E-state index is 0.0500. The van der Waals surface area contributed by atoms with Crippen molar-refractivity contribution in [1.29, 1.82) is 0 Å². The quantitative estimate of drug-likeness (QED) is 0.788. The van der Waals surface area contributed by atoms with Gasteiger partial charge in [0.25, 0.3) is 0 Å². The van der Waals surface area contributed by atoms with Crippen molar-refractivity contribution in [1.82, 2.24) is 5.32 Å². The topological polar surface area (TPSA) is 64.3 Å². The van der Waals surface area contributed by atoms with Crippen molar-refractivity contribution in [2.24, 2.45) is 11.7 Å². The molecule has 18 heavy (non-hydrogen) atoms. The van der Waals surface area contributed by atoms with Crippen LogP contribution in [-0.4, -0.2) is 30.7 Å². The second kappa shape index (κ2) is 7.10. The highest BCUT2D eigenvalue weighted by Crippen LogP contribution is 2.26. The Morgan fingerprint density at radius 1 is 1.33 bits per heavy atom. The molecule has 4 heteroatoms. The molecular weight excluding hydrogens is 228 g/mol. The summed E-state index contributed by atoms with van der Waals surface area (Å²) in [5, 5.41) is 3.02. The number of carbonyl (C=O) groups is 1. The van der Waals surface area contributed by atoms with Crippen molar-refractivity contribution in [3.63, 3.8) is 0 Å². The average molecular weight is 256 g/mol. The molecule has 0 saturated heterocycles. The Labute approximate surface area is 111 Å². The molecule has 1 saturated carbocycles. The van der Waals surface area contributed by atoms with E-state index in [9.17, 15) is 4.79 Å². The number of rotatable bonds is 5. The standard InChI is InChI=1S/C14H28N2O2/c1-14(2,3)18-10-13(17)16-12(9-15)11-7-5-4-6-8-11/h11-12H,4-10,15H2,1-3H3,(H,16,17). The fourth-order valence-electron chi connectivity index (χ4n) is 2.44. The minimum Gasteiger partial charge on any atom is -0.366 e. The van der Waals surface area contributed by atoms with Gasteiger partial charge in [0.2, 0.25) is 5.91 Å². The summed E-state index contributed by atoms with van der Waals surface area (Å²) in [5.41, 5.74) is 5.50. The maximum absolute atomic E-state index is 11.8. The number of ether oxygens (including phenoxy) is 1. The van der Waals surface area contributed by atoms with E-state index in [0.29, 0.717) is 12.5 Å². The SMILES string of the molecule is CC(C)(C)OCC(=O)NC(CN)C1CCCCC1. The van der Waals surface area contributed by atoms with Crippen LogP contribution in [0.3, 0.4) is 0 Å². The monoisotopic (exact) mass is 256 g/mol. The molecule has 0 aromatic carbocycles. The Hall–Kier alpha value is -0.610. The minimum atomic E-state index is -0.277. The number of hydrogen-bond donors (Lipinski definition) is 2. The van der Waals surface area contributed by atoms with Gasteiger partial charge >= 0.3 is 0 Å². The van der Waals surface area contributed by atoms with Gasteiger partial charge in [-0.1, -0.05) is 19.3 Å². The lowest BCUT2D eigenvalue weighted by Gasteiger charge is -2.30. The molecule has 0 aromatic heterocycles. The first-order valence-electron chi connectivity index (χ1n) is 7.06. The van der Waals surface area contributed by atoms with Crippen molar-refractivity contribution >= 4 is 5.91 Å². The van der Waals surface area contributed by atoms with Crippen LogP contribution in [0.4, 0.5) is 0 Å². The van der Waals surface area contributed by atoms with Gasteiger partial charge in [-0.15, -0.1) is 0 Å². The number of nitrogens with one attached hydrogen (secondary N) is 1. The largest absolute Gasteiger partial charge is 0.366 e. The first kappa shape index (κ1) is 15.4. The van der Waals surface area contributed by atoms with Crippen LogP contribution in [0, 0.1) is 5.92 Å². The van der Waals surface area contributed by atoms with E-state index >= 15 is 0 Å². The summed E-state index contributed by atoms with van der Waals surface area (Å²) < 4.78 is 5.47. The summed E-state index contributed by atoms with van der Waals surface area (Å²) >= 11 is 0. The molecule has 4 nitrogen and oxygen atoms in total. The van der Waals surface area contributed by atoms with Crippen molar-refractivity contribution in [2.75, 3.05) is 13.2 Å². The van der Waals surface area contributed by atoms with E-state index in [-0.39, 0.29) is 24.2 Å². The van der Waals surface area contributed by atoms with Crippen LogP contribution in [0.25, 0.3) is 0 Å². The van der Waals surface area contributed by atoms with Crippen molar-refractivity contribution in [3.8, 4) is 0 Å². The molecule has 3 N–H and O–H groups in total. The lowest BCUT2D eigenvalue weighted by Crippen LogP contribution is -2.47. The summed E-state index contributed by atoms with van der Waals surface area (Å²) in [4.78, 5) is 11.8. The van der Waals surface area contributed by atoms with Crippen LogP contribution < -0.4 is 11.1 Å². The van der Waals surface area contributed by atoms with Crippen LogP contribution in [0.15, 0.2) is 0 Å². The van der Waals surface area contributed by atoms with Crippen LogP contribution in [-0.2, 0) is 9.53 Å². The molecule has 1 aliphatic carbocycles. The Bertz CT molecular complexity index is 255. The highest BCUT2D eigenvalue weighted by Gasteiger charge is 2.24. The van der Waals surface area contributed by atoms with E-state index in [1.807, 2.05) is 20.8 Å². The first-order valence-corrected chi connectivity index (χ1v) is 7.06. The predicted molar refractivity (Wildman–Crippen MR) is 73.3 cm³/mol. The van der Waals surface area contributed by atoms with Gasteiger partial charge in [0.05, 0.1) is 5.60 Å². The van der Waals surface area contributed by atoms with Gasteiger partial charge in [0.1, 0.15) is 6.61 Å². The van der Waals surface area contributed by atoms with Gasteiger partial charge in [-0.3, -0.25) is 4.79 Å². The molecule has 1 fully saturated rings. The fraction of sp³-hybridized carbons (Fsp3) is 0.929. The van der Waals surface area contributed by atoms with Gasteiger partial charge in [-0.05, 0) is 39.5 Å². The summed E-state index contributed by atoms with van der Waals surface area (Å²) in [7, 11) is 0. The zero-order valence-corrected chi connectivity index (χ0v) is 12.0. The molecule has 1 unspecified atom stereocenters. The Balaban J connectivity index is 2.35. The van der Waals surface area contributed by atoms with Gasteiger partial charge in [-0.25, -0.2) is 0 Å². The third kappa shape index (κ3) is 5.83. The van der Waals surface area contributed by atoms with Crippen LogP contribution >= 0.6 is 0 Å².